The molecule has 3 fully saturated rings. The Bertz CT molecular complexity index is 269. The molecule has 1 aliphatic carbocycles. The van der Waals surface area contributed by atoms with Crippen LogP contribution in [0.15, 0.2) is 0 Å². The van der Waals surface area contributed by atoms with E-state index in [9.17, 15) is 0 Å². The van der Waals surface area contributed by atoms with E-state index in [-0.39, 0.29) is 0 Å². The second kappa shape index (κ2) is 5.48. The Morgan fingerprint density at radius 3 is 2.22 bits per heavy atom. The lowest BCUT2D eigenvalue weighted by Gasteiger charge is -2.41. The maximum atomic E-state index is 6.20. The Labute approximate surface area is 112 Å². The Morgan fingerprint density at radius 1 is 0.944 bits per heavy atom. The molecule has 0 aromatic heterocycles. The van der Waals surface area contributed by atoms with Crippen molar-refractivity contribution in [3.63, 3.8) is 0 Å². The molecule has 2 aliphatic heterocycles. The van der Waals surface area contributed by atoms with Crippen LogP contribution < -0.4 is 5.73 Å². The topological polar surface area (TPSA) is 32.5 Å². The van der Waals surface area contributed by atoms with Crippen LogP contribution in [0.1, 0.15) is 51.4 Å². The first-order valence-electron chi connectivity index (χ1n) is 8.03. The first-order chi connectivity index (χ1) is 8.84. The molecule has 1 atom stereocenters. The van der Waals surface area contributed by atoms with Gasteiger partial charge >= 0.3 is 0 Å². The van der Waals surface area contributed by atoms with Gasteiger partial charge in [-0.1, -0.05) is 19.3 Å². The van der Waals surface area contributed by atoms with Crippen molar-refractivity contribution >= 4 is 0 Å². The zero-order chi connectivity index (χ0) is 12.4. The second-order valence-corrected chi connectivity index (χ2v) is 6.63. The van der Waals surface area contributed by atoms with Gasteiger partial charge in [0.25, 0.3) is 0 Å². The van der Waals surface area contributed by atoms with Crippen molar-refractivity contribution in [2.75, 3.05) is 32.7 Å². The molecule has 2 heterocycles. The van der Waals surface area contributed by atoms with Crippen LogP contribution >= 0.6 is 0 Å². The van der Waals surface area contributed by atoms with Crippen molar-refractivity contribution in [2.45, 2.75) is 62.9 Å². The zero-order valence-corrected chi connectivity index (χ0v) is 11.7. The van der Waals surface area contributed by atoms with E-state index in [1.807, 2.05) is 0 Å². The third-order valence-corrected chi connectivity index (χ3v) is 5.33. The van der Waals surface area contributed by atoms with E-state index in [4.69, 9.17) is 5.73 Å². The van der Waals surface area contributed by atoms with Crippen LogP contribution in [0.4, 0.5) is 0 Å². The van der Waals surface area contributed by atoms with Crippen molar-refractivity contribution in [3.05, 3.63) is 0 Å². The number of likely N-dealkylation sites (tertiary alicyclic amines) is 2. The van der Waals surface area contributed by atoms with Gasteiger partial charge in [-0.3, -0.25) is 9.80 Å². The quantitative estimate of drug-likeness (QED) is 0.830. The van der Waals surface area contributed by atoms with Crippen LogP contribution in [-0.2, 0) is 0 Å². The Kier molecular flexibility index (Phi) is 3.92. The second-order valence-electron chi connectivity index (χ2n) is 6.63. The van der Waals surface area contributed by atoms with Gasteiger partial charge in [0, 0.05) is 31.2 Å². The fourth-order valence-electron chi connectivity index (χ4n) is 3.91. The smallest absolute Gasteiger partial charge is 0.0470 e. The molecule has 3 rings (SSSR count). The molecule has 0 bridgehead atoms. The minimum atomic E-state index is 0.319. The molecule has 0 amide bonds. The van der Waals surface area contributed by atoms with Gasteiger partial charge in [0.05, 0.1) is 0 Å². The lowest BCUT2D eigenvalue weighted by atomic mass is 9.94. The van der Waals surface area contributed by atoms with Gasteiger partial charge in [-0.2, -0.15) is 0 Å². The monoisotopic (exact) mass is 251 g/mol. The van der Waals surface area contributed by atoms with Gasteiger partial charge in [-0.25, -0.2) is 0 Å². The van der Waals surface area contributed by atoms with E-state index in [2.05, 4.69) is 9.80 Å². The summed E-state index contributed by atoms with van der Waals surface area (Å²) in [5.41, 5.74) is 6.52. The van der Waals surface area contributed by atoms with Gasteiger partial charge in [-0.15, -0.1) is 0 Å². The number of hydrogen-bond acceptors (Lipinski definition) is 3. The minimum Gasteiger partial charge on any atom is -0.329 e. The predicted octanol–water partition coefficient (Wildman–Crippen LogP) is 1.82. The summed E-state index contributed by atoms with van der Waals surface area (Å²) >= 11 is 0. The van der Waals surface area contributed by atoms with Crippen LogP contribution in [0.5, 0.6) is 0 Å². The predicted molar refractivity (Wildman–Crippen MR) is 75.7 cm³/mol. The number of rotatable bonds is 3. The van der Waals surface area contributed by atoms with E-state index in [0.717, 1.165) is 12.6 Å². The Hall–Kier alpha value is -0.120. The fraction of sp³-hybridized carbons (Fsp3) is 1.00. The van der Waals surface area contributed by atoms with Gasteiger partial charge in [-0.05, 0) is 45.2 Å². The SMILES string of the molecule is NCC1(N2CCCCCCC2)CCN(C2CC2)C1. The molecule has 3 aliphatic rings. The molecule has 2 saturated heterocycles. The highest BCUT2D eigenvalue weighted by Gasteiger charge is 2.45. The van der Waals surface area contributed by atoms with Gasteiger partial charge in [0.15, 0.2) is 0 Å². The minimum absolute atomic E-state index is 0.319. The molecule has 0 spiro atoms. The summed E-state index contributed by atoms with van der Waals surface area (Å²) in [7, 11) is 0. The number of nitrogens with zero attached hydrogens (tertiary/aromatic N) is 2. The van der Waals surface area contributed by atoms with Crippen molar-refractivity contribution < 1.29 is 0 Å². The van der Waals surface area contributed by atoms with Gasteiger partial charge < -0.3 is 5.73 Å². The largest absolute Gasteiger partial charge is 0.329 e. The molecule has 0 aromatic rings. The molecule has 1 unspecified atom stereocenters. The molecular formula is C15H29N3. The standard InChI is InChI=1S/C15H29N3/c16-12-15(8-11-17(13-15)14-6-7-14)18-9-4-2-1-3-5-10-18/h14H,1-13,16H2. The summed E-state index contributed by atoms with van der Waals surface area (Å²) in [5, 5.41) is 0. The molecule has 0 aromatic carbocycles. The van der Waals surface area contributed by atoms with Crippen LogP contribution in [-0.4, -0.2) is 54.1 Å². The summed E-state index contributed by atoms with van der Waals surface area (Å²) in [4.78, 5) is 5.47. The summed E-state index contributed by atoms with van der Waals surface area (Å²) < 4.78 is 0. The highest BCUT2D eigenvalue weighted by Crippen LogP contribution is 2.36. The molecule has 18 heavy (non-hydrogen) atoms. The molecule has 104 valence electrons. The highest BCUT2D eigenvalue weighted by atomic mass is 15.3. The molecule has 3 heteroatoms. The van der Waals surface area contributed by atoms with Gasteiger partial charge in [0.2, 0.25) is 0 Å². The van der Waals surface area contributed by atoms with Crippen LogP contribution in [0.3, 0.4) is 0 Å². The van der Waals surface area contributed by atoms with Crippen molar-refractivity contribution in [1.82, 2.24) is 9.80 Å². The molecule has 0 radical (unpaired) electrons. The van der Waals surface area contributed by atoms with Crippen LogP contribution in [0, 0.1) is 0 Å². The molecule has 3 nitrogen and oxygen atoms in total. The summed E-state index contributed by atoms with van der Waals surface area (Å²) in [6.45, 7) is 5.97. The molecular weight excluding hydrogens is 222 g/mol. The molecule has 1 saturated carbocycles. The fourth-order valence-corrected chi connectivity index (χ4v) is 3.91. The zero-order valence-electron chi connectivity index (χ0n) is 11.7. The highest BCUT2D eigenvalue weighted by molar-refractivity contribution is 5.03. The summed E-state index contributed by atoms with van der Waals surface area (Å²) in [6, 6.07) is 0.910. The van der Waals surface area contributed by atoms with E-state index >= 15 is 0 Å². The lowest BCUT2D eigenvalue weighted by Crippen LogP contribution is -2.56. The third kappa shape index (κ3) is 2.59. The average Bonchev–Trinajstić information content (AvgIpc) is 3.10. The molecule has 2 N–H and O–H groups in total. The first-order valence-corrected chi connectivity index (χ1v) is 8.03. The van der Waals surface area contributed by atoms with Crippen molar-refractivity contribution in [1.29, 1.82) is 0 Å². The van der Waals surface area contributed by atoms with E-state index in [1.165, 1.54) is 77.5 Å². The maximum absolute atomic E-state index is 6.20. The number of nitrogens with two attached hydrogens (primary N) is 1. The van der Waals surface area contributed by atoms with Crippen LogP contribution in [0.2, 0.25) is 0 Å². The van der Waals surface area contributed by atoms with E-state index < -0.39 is 0 Å². The third-order valence-electron chi connectivity index (χ3n) is 5.33. The Balaban J connectivity index is 1.65. The summed E-state index contributed by atoms with van der Waals surface area (Å²) in [5.74, 6) is 0. The van der Waals surface area contributed by atoms with E-state index in [0.29, 0.717) is 5.54 Å². The van der Waals surface area contributed by atoms with Crippen LogP contribution in [0.25, 0.3) is 0 Å². The lowest BCUT2D eigenvalue weighted by molar-refractivity contribution is 0.0878. The van der Waals surface area contributed by atoms with Crippen molar-refractivity contribution in [2.24, 2.45) is 5.73 Å². The normalized spacial score (nSPS) is 36.5. The van der Waals surface area contributed by atoms with Gasteiger partial charge in [0.1, 0.15) is 0 Å². The first kappa shape index (κ1) is 12.9. The van der Waals surface area contributed by atoms with E-state index in [1.54, 1.807) is 0 Å². The average molecular weight is 251 g/mol. The number of hydrogen-bond donors (Lipinski definition) is 1. The Morgan fingerprint density at radius 2 is 1.61 bits per heavy atom. The summed E-state index contributed by atoms with van der Waals surface area (Å²) in [6.07, 6.45) is 11.2. The maximum Gasteiger partial charge on any atom is 0.0470 e. The van der Waals surface area contributed by atoms with Crippen molar-refractivity contribution in [3.8, 4) is 0 Å².